The fraction of sp³-hybridized carbons (Fsp3) is 0.231. The molecule has 4 rings (SSSR count). The van der Waals surface area contributed by atoms with Gasteiger partial charge in [0, 0.05) is 18.7 Å². The summed E-state index contributed by atoms with van der Waals surface area (Å²) in [5.41, 5.74) is 4.51. The van der Waals surface area contributed by atoms with Gasteiger partial charge in [0.2, 0.25) is 0 Å². The van der Waals surface area contributed by atoms with Crippen LogP contribution in [-0.4, -0.2) is 29.8 Å². The Balaban J connectivity index is 1.45. The van der Waals surface area contributed by atoms with Gasteiger partial charge < -0.3 is 15.5 Å². The predicted octanol–water partition coefficient (Wildman–Crippen LogP) is 5.54. The van der Waals surface area contributed by atoms with Crippen LogP contribution in [0.3, 0.4) is 0 Å². The van der Waals surface area contributed by atoms with Crippen molar-refractivity contribution < 1.29 is 9.59 Å². The molecule has 2 heterocycles. The number of fused-ring (bicyclic) bond motifs is 2. The number of carbonyl (C=O) groups excluding carboxylic acids is 2. The molecular weight excluding hydrogens is 386 g/mol. The van der Waals surface area contributed by atoms with E-state index in [9.17, 15) is 9.59 Å². The number of rotatable bonds is 5. The monoisotopic (exact) mass is 413 g/mol. The Hall–Kier alpha value is -3.60. The Morgan fingerprint density at radius 2 is 1.81 bits per heavy atom. The third-order valence-electron chi connectivity index (χ3n) is 5.98. The lowest BCUT2D eigenvalue weighted by Gasteiger charge is -2.32. The first kappa shape index (κ1) is 20.7. The van der Waals surface area contributed by atoms with Gasteiger partial charge in [-0.1, -0.05) is 43.5 Å². The molecule has 2 amide bonds. The summed E-state index contributed by atoms with van der Waals surface area (Å²) in [6.07, 6.45) is 8.57. The van der Waals surface area contributed by atoms with Crippen LogP contribution >= 0.6 is 0 Å². The van der Waals surface area contributed by atoms with E-state index in [4.69, 9.17) is 0 Å². The fourth-order valence-electron chi connectivity index (χ4n) is 4.24. The number of likely N-dealkylation sites (tertiary alicyclic amines) is 1. The molecule has 0 radical (unpaired) electrons. The second kappa shape index (κ2) is 9.04. The van der Waals surface area contributed by atoms with Crippen molar-refractivity contribution >= 4 is 28.9 Å². The van der Waals surface area contributed by atoms with E-state index in [1.54, 1.807) is 18.2 Å². The second-order valence-corrected chi connectivity index (χ2v) is 8.01. The highest BCUT2D eigenvalue weighted by atomic mass is 16.2. The van der Waals surface area contributed by atoms with Crippen LogP contribution in [0.2, 0.25) is 0 Å². The minimum Gasteiger partial charge on any atom is -0.353 e. The molecule has 0 saturated carbocycles. The molecule has 1 saturated heterocycles. The molecule has 1 fully saturated rings. The van der Waals surface area contributed by atoms with E-state index in [1.165, 1.54) is 5.57 Å². The minimum absolute atomic E-state index is 0.00263. The fourth-order valence-corrected chi connectivity index (χ4v) is 4.24. The number of hydrogen-bond donors (Lipinski definition) is 2. The van der Waals surface area contributed by atoms with Gasteiger partial charge >= 0.3 is 0 Å². The number of nitrogens with zero attached hydrogens (tertiary/aromatic N) is 1. The lowest BCUT2D eigenvalue weighted by atomic mass is 9.89. The first-order valence-electron chi connectivity index (χ1n) is 10.6. The normalized spacial score (nSPS) is 16.3. The maximum atomic E-state index is 13.1. The molecule has 5 nitrogen and oxygen atoms in total. The number of carbonyl (C=O) groups is 2. The molecule has 0 bridgehead atoms. The van der Waals surface area contributed by atoms with Crippen LogP contribution in [0, 0.1) is 5.92 Å². The predicted molar refractivity (Wildman–Crippen MR) is 126 cm³/mol. The molecule has 0 atom stereocenters. The molecule has 0 unspecified atom stereocenters. The maximum absolute atomic E-state index is 13.1. The molecule has 31 heavy (non-hydrogen) atoms. The third kappa shape index (κ3) is 4.45. The Labute approximate surface area is 183 Å². The van der Waals surface area contributed by atoms with E-state index in [0.29, 0.717) is 22.7 Å². The molecule has 2 N–H and O–H groups in total. The minimum atomic E-state index is -0.183. The Bertz CT molecular complexity index is 1060. The number of anilines is 3. The number of amides is 2. The number of benzene rings is 2. The molecule has 158 valence electrons. The van der Waals surface area contributed by atoms with Gasteiger partial charge in [-0.25, -0.2) is 0 Å². The molecule has 0 spiro atoms. The van der Waals surface area contributed by atoms with Gasteiger partial charge in [-0.2, -0.15) is 0 Å². The van der Waals surface area contributed by atoms with Crippen molar-refractivity contribution in [3.05, 3.63) is 90.6 Å². The topological polar surface area (TPSA) is 61.4 Å². The summed E-state index contributed by atoms with van der Waals surface area (Å²) in [5, 5.41) is 6.22. The van der Waals surface area contributed by atoms with Gasteiger partial charge in [0.1, 0.15) is 0 Å². The highest BCUT2D eigenvalue weighted by Gasteiger charge is 2.25. The number of para-hydroxylation sites is 1. The van der Waals surface area contributed by atoms with Crippen LogP contribution in [-0.2, 0) is 0 Å². The average Bonchev–Trinajstić information content (AvgIpc) is 2.94. The van der Waals surface area contributed by atoms with E-state index < -0.39 is 0 Å². The van der Waals surface area contributed by atoms with Gasteiger partial charge in [0.05, 0.1) is 22.6 Å². The second-order valence-electron chi connectivity index (χ2n) is 8.01. The van der Waals surface area contributed by atoms with Crippen LogP contribution in [0.4, 0.5) is 17.1 Å². The Kier molecular flexibility index (Phi) is 6.03. The average molecular weight is 414 g/mol. The highest BCUT2D eigenvalue weighted by molar-refractivity contribution is 6.12. The first-order valence-corrected chi connectivity index (χ1v) is 10.6. The summed E-state index contributed by atoms with van der Waals surface area (Å²) in [4.78, 5) is 27.6. The maximum Gasteiger partial charge on any atom is 0.257 e. The van der Waals surface area contributed by atoms with Gasteiger partial charge in [0.15, 0.2) is 0 Å². The highest BCUT2D eigenvalue weighted by Crippen LogP contribution is 2.33. The molecule has 2 aromatic rings. The smallest absolute Gasteiger partial charge is 0.257 e. The van der Waals surface area contributed by atoms with Crippen molar-refractivity contribution in [2.75, 3.05) is 23.7 Å². The van der Waals surface area contributed by atoms with Crippen molar-refractivity contribution in [2.45, 2.75) is 19.3 Å². The Morgan fingerprint density at radius 1 is 1.03 bits per heavy atom. The standard InChI is InChI=1S/C26H27N3O2/c1-3-7-18(4-2)16-19-12-14-29(15-13-19)26(31)20-10-11-23-24(17-20)28-25(30)21-8-5-6-9-22(21)27-23/h3-11,17,19,27H,1-2,12-16H2,(H,28,30)/b18-7+. The molecular formula is C26H27N3O2. The van der Waals surface area contributed by atoms with Crippen LogP contribution in [0.25, 0.3) is 0 Å². The van der Waals surface area contributed by atoms with Crippen molar-refractivity contribution in [1.82, 2.24) is 4.90 Å². The van der Waals surface area contributed by atoms with Crippen LogP contribution in [0.15, 0.2) is 79.4 Å². The third-order valence-corrected chi connectivity index (χ3v) is 5.98. The largest absolute Gasteiger partial charge is 0.353 e. The lowest BCUT2D eigenvalue weighted by molar-refractivity contribution is 0.0690. The van der Waals surface area contributed by atoms with Gasteiger partial charge in [-0.15, -0.1) is 0 Å². The summed E-state index contributed by atoms with van der Waals surface area (Å²) < 4.78 is 0. The summed E-state index contributed by atoms with van der Waals surface area (Å²) in [6.45, 7) is 9.09. The van der Waals surface area contributed by atoms with Crippen molar-refractivity contribution in [3.8, 4) is 0 Å². The number of nitrogens with one attached hydrogen (secondary N) is 2. The quantitative estimate of drug-likeness (QED) is 0.633. The first-order chi connectivity index (χ1) is 15.1. The zero-order valence-electron chi connectivity index (χ0n) is 17.6. The summed E-state index contributed by atoms with van der Waals surface area (Å²) in [7, 11) is 0. The van der Waals surface area contributed by atoms with Crippen molar-refractivity contribution in [2.24, 2.45) is 5.92 Å². The SMILES string of the molecule is C=C/C=C(\C=C)CC1CCN(C(=O)c2ccc3c(c2)NC(=O)c2ccccc2N3)CC1. The summed E-state index contributed by atoms with van der Waals surface area (Å²) >= 11 is 0. The number of piperidine rings is 1. The van der Waals surface area contributed by atoms with E-state index in [0.717, 1.165) is 43.7 Å². The summed E-state index contributed by atoms with van der Waals surface area (Å²) in [6, 6.07) is 12.8. The number of allylic oxidation sites excluding steroid dienone is 4. The zero-order valence-corrected chi connectivity index (χ0v) is 17.6. The molecule has 2 aromatic carbocycles. The van der Waals surface area contributed by atoms with E-state index >= 15 is 0 Å². The zero-order chi connectivity index (χ0) is 21.8. The van der Waals surface area contributed by atoms with E-state index in [1.807, 2.05) is 47.4 Å². The van der Waals surface area contributed by atoms with E-state index in [2.05, 4.69) is 23.8 Å². The molecule has 0 aromatic heterocycles. The van der Waals surface area contributed by atoms with Gasteiger partial charge in [-0.05, 0) is 61.1 Å². The lowest BCUT2D eigenvalue weighted by Crippen LogP contribution is -2.38. The van der Waals surface area contributed by atoms with Gasteiger partial charge in [-0.3, -0.25) is 9.59 Å². The Morgan fingerprint density at radius 3 is 2.55 bits per heavy atom. The van der Waals surface area contributed by atoms with Crippen LogP contribution < -0.4 is 10.6 Å². The van der Waals surface area contributed by atoms with Gasteiger partial charge in [0.25, 0.3) is 11.8 Å². The number of hydrogen-bond acceptors (Lipinski definition) is 3. The van der Waals surface area contributed by atoms with Crippen LogP contribution in [0.1, 0.15) is 40.0 Å². The summed E-state index contributed by atoms with van der Waals surface area (Å²) in [5.74, 6) is 0.364. The molecule has 5 heteroatoms. The van der Waals surface area contributed by atoms with Crippen LogP contribution in [0.5, 0.6) is 0 Å². The van der Waals surface area contributed by atoms with E-state index in [-0.39, 0.29) is 11.8 Å². The molecule has 2 aliphatic rings. The van der Waals surface area contributed by atoms with Crippen molar-refractivity contribution in [1.29, 1.82) is 0 Å². The molecule has 2 aliphatic heterocycles. The molecule has 0 aliphatic carbocycles. The van der Waals surface area contributed by atoms with Crippen molar-refractivity contribution in [3.63, 3.8) is 0 Å².